The number of aromatic nitrogens is 4. The SMILES string of the molecule is CNC(=O)c1cc2c(s1)CCc1cc(C(=O)NC)sc1C2(C[C@H](C)NCC(=O)N1CCC[C@H]1C#N)c1nn[nH]n1. The predicted molar refractivity (Wildman–Crippen MR) is 149 cm³/mol. The summed E-state index contributed by atoms with van der Waals surface area (Å²) < 4.78 is 0. The minimum absolute atomic E-state index is 0.0858. The number of nitrogens with zero attached hydrogens (tertiary/aromatic N) is 5. The molecule has 3 atom stereocenters. The van der Waals surface area contributed by atoms with E-state index in [4.69, 9.17) is 0 Å². The number of rotatable bonds is 8. The lowest BCUT2D eigenvalue weighted by atomic mass is 9.73. The predicted octanol–water partition coefficient (Wildman–Crippen LogP) is 1.36. The van der Waals surface area contributed by atoms with Crippen LogP contribution in [0.25, 0.3) is 0 Å². The van der Waals surface area contributed by atoms with Crippen LogP contribution in [-0.4, -0.2) is 82.5 Å². The van der Waals surface area contributed by atoms with E-state index in [0.29, 0.717) is 47.8 Å². The minimum Gasteiger partial charge on any atom is -0.354 e. The number of amides is 3. The van der Waals surface area contributed by atoms with E-state index in [2.05, 4.69) is 42.6 Å². The van der Waals surface area contributed by atoms with Crippen LogP contribution in [-0.2, 0) is 23.1 Å². The molecule has 5 rings (SSSR count). The van der Waals surface area contributed by atoms with Crippen LogP contribution in [0.3, 0.4) is 0 Å². The lowest BCUT2D eigenvalue weighted by Gasteiger charge is -2.33. The molecule has 0 spiro atoms. The van der Waals surface area contributed by atoms with Crippen LogP contribution in [0.1, 0.15) is 72.2 Å². The molecule has 1 fully saturated rings. The molecule has 4 N–H and O–H groups in total. The number of likely N-dealkylation sites (tertiary alicyclic amines) is 1. The molecule has 12 nitrogen and oxygen atoms in total. The number of aromatic amines is 1. The first-order valence-electron chi connectivity index (χ1n) is 13.2. The summed E-state index contributed by atoms with van der Waals surface area (Å²) in [6.07, 6.45) is 3.34. The van der Waals surface area contributed by atoms with Crippen molar-refractivity contribution in [3.8, 4) is 6.07 Å². The van der Waals surface area contributed by atoms with Gasteiger partial charge in [0, 0.05) is 36.4 Å². The van der Waals surface area contributed by atoms with Crippen molar-refractivity contribution in [2.24, 2.45) is 0 Å². The summed E-state index contributed by atoms with van der Waals surface area (Å²) in [5.41, 5.74) is 1.01. The van der Waals surface area contributed by atoms with Crippen LogP contribution >= 0.6 is 22.7 Å². The van der Waals surface area contributed by atoms with E-state index in [1.807, 2.05) is 19.1 Å². The molecule has 2 aliphatic rings. The smallest absolute Gasteiger partial charge is 0.261 e. The van der Waals surface area contributed by atoms with Crippen molar-refractivity contribution in [2.75, 3.05) is 27.2 Å². The topological polar surface area (TPSA) is 169 Å². The van der Waals surface area contributed by atoms with Gasteiger partial charge in [-0.25, -0.2) is 0 Å². The van der Waals surface area contributed by atoms with Crippen LogP contribution in [0.2, 0.25) is 0 Å². The fraction of sp³-hybridized carbons (Fsp3) is 0.500. The highest BCUT2D eigenvalue weighted by Crippen LogP contribution is 2.51. The third-order valence-corrected chi connectivity index (χ3v) is 10.2. The zero-order valence-electron chi connectivity index (χ0n) is 22.5. The van der Waals surface area contributed by atoms with Gasteiger partial charge in [0.2, 0.25) is 5.91 Å². The molecular weight excluding hydrogens is 550 g/mol. The van der Waals surface area contributed by atoms with E-state index in [0.717, 1.165) is 27.3 Å². The van der Waals surface area contributed by atoms with Gasteiger partial charge in [-0.05, 0) is 62.3 Å². The molecule has 14 heteroatoms. The second kappa shape index (κ2) is 11.4. The number of nitriles is 1. The van der Waals surface area contributed by atoms with Gasteiger partial charge in [-0.1, -0.05) is 5.21 Å². The molecular formula is C26H31N9O3S2. The Labute approximate surface area is 239 Å². The van der Waals surface area contributed by atoms with Crippen LogP contribution in [0, 0.1) is 11.3 Å². The summed E-state index contributed by atoms with van der Waals surface area (Å²) in [5, 5.41) is 33.6. The Kier molecular flexibility index (Phi) is 7.97. The molecule has 0 radical (unpaired) electrons. The van der Waals surface area contributed by atoms with Gasteiger partial charge in [0.05, 0.1) is 27.8 Å². The molecule has 1 aliphatic heterocycles. The molecule has 1 aliphatic carbocycles. The number of H-pyrrole nitrogens is 1. The van der Waals surface area contributed by atoms with Gasteiger partial charge in [0.15, 0.2) is 5.82 Å². The maximum atomic E-state index is 13.0. The number of nitrogens with one attached hydrogen (secondary N) is 4. The number of tetrazole rings is 1. The Morgan fingerprint density at radius 1 is 1.20 bits per heavy atom. The van der Waals surface area contributed by atoms with Gasteiger partial charge in [-0.3, -0.25) is 14.4 Å². The van der Waals surface area contributed by atoms with Crippen molar-refractivity contribution in [2.45, 2.75) is 56.5 Å². The average molecular weight is 582 g/mol. The lowest BCUT2D eigenvalue weighted by Crippen LogP contribution is -2.45. The van der Waals surface area contributed by atoms with Crippen molar-refractivity contribution in [1.29, 1.82) is 5.26 Å². The fourth-order valence-electron chi connectivity index (χ4n) is 5.74. The van der Waals surface area contributed by atoms with E-state index in [-0.39, 0.29) is 36.3 Å². The highest BCUT2D eigenvalue weighted by molar-refractivity contribution is 7.15. The zero-order chi connectivity index (χ0) is 28.4. The van der Waals surface area contributed by atoms with Crippen molar-refractivity contribution in [3.05, 3.63) is 48.6 Å². The summed E-state index contributed by atoms with van der Waals surface area (Å²) in [7, 11) is 3.21. The number of hydrogen-bond donors (Lipinski definition) is 4. The molecule has 0 aromatic carbocycles. The number of carbonyl (C=O) groups excluding carboxylic acids is 3. The van der Waals surface area contributed by atoms with Gasteiger partial charge in [-0.15, -0.1) is 32.9 Å². The maximum absolute atomic E-state index is 13.0. The quantitative estimate of drug-likeness (QED) is 0.309. The molecule has 40 heavy (non-hydrogen) atoms. The Hall–Kier alpha value is -3.67. The minimum atomic E-state index is -0.924. The van der Waals surface area contributed by atoms with Crippen LogP contribution in [0.15, 0.2) is 12.1 Å². The van der Waals surface area contributed by atoms with Gasteiger partial charge in [0.25, 0.3) is 11.8 Å². The van der Waals surface area contributed by atoms with Gasteiger partial charge in [-0.2, -0.15) is 10.5 Å². The van der Waals surface area contributed by atoms with Crippen molar-refractivity contribution >= 4 is 40.4 Å². The van der Waals surface area contributed by atoms with Gasteiger partial charge in [0.1, 0.15) is 6.04 Å². The second-order valence-electron chi connectivity index (χ2n) is 10.1. The first-order valence-corrected chi connectivity index (χ1v) is 14.8. The lowest BCUT2D eigenvalue weighted by molar-refractivity contribution is -0.130. The maximum Gasteiger partial charge on any atom is 0.261 e. The average Bonchev–Trinajstić information content (AvgIpc) is 3.78. The summed E-state index contributed by atoms with van der Waals surface area (Å²) in [6, 6.07) is 5.47. The first kappa shape index (κ1) is 27.9. The van der Waals surface area contributed by atoms with Crippen molar-refractivity contribution in [3.63, 3.8) is 0 Å². The first-order chi connectivity index (χ1) is 19.3. The Bertz CT molecular complexity index is 1390. The van der Waals surface area contributed by atoms with Gasteiger partial charge < -0.3 is 20.9 Å². The summed E-state index contributed by atoms with van der Waals surface area (Å²) in [5.74, 6) is -0.0205. The van der Waals surface area contributed by atoms with Crippen molar-refractivity contribution < 1.29 is 14.4 Å². The van der Waals surface area contributed by atoms with Crippen LogP contribution < -0.4 is 16.0 Å². The third kappa shape index (κ3) is 4.89. The third-order valence-electron chi connectivity index (χ3n) is 7.65. The molecule has 1 unspecified atom stereocenters. The Morgan fingerprint density at radius 2 is 1.95 bits per heavy atom. The molecule has 1 saturated heterocycles. The molecule has 0 saturated carbocycles. The number of fused-ring (bicyclic) bond motifs is 2. The van der Waals surface area contributed by atoms with Crippen LogP contribution in [0.4, 0.5) is 0 Å². The standard InChI is InChI=1S/C26H31N9O3S2/c1-14(30-13-21(36)35-8-4-5-16(35)12-27)11-26(25-31-33-34-32-25)17-10-20(24(38)29-3)39-18(17)7-6-15-9-19(23(37)28-2)40-22(15)26/h9-10,14,16,30H,4-8,11,13H2,1-3H3,(H,28,37)(H,29,38)(H,31,32,33,34)/t14-,16-,26?/m0/s1. The molecule has 3 aromatic heterocycles. The van der Waals surface area contributed by atoms with E-state index >= 15 is 0 Å². The van der Waals surface area contributed by atoms with E-state index in [9.17, 15) is 19.6 Å². The Balaban J connectivity index is 1.57. The van der Waals surface area contributed by atoms with Crippen molar-refractivity contribution in [1.82, 2.24) is 41.5 Å². The highest BCUT2D eigenvalue weighted by atomic mass is 32.1. The van der Waals surface area contributed by atoms with E-state index < -0.39 is 5.41 Å². The summed E-state index contributed by atoms with van der Waals surface area (Å²) in [6.45, 7) is 2.66. The monoisotopic (exact) mass is 581 g/mol. The van der Waals surface area contributed by atoms with Gasteiger partial charge >= 0.3 is 0 Å². The molecule has 3 aromatic rings. The fourth-order valence-corrected chi connectivity index (χ4v) is 8.30. The molecule has 3 amide bonds. The summed E-state index contributed by atoms with van der Waals surface area (Å²) in [4.78, 5) is 43.1. The van der Waals surface area contributed by atoms with E-state index in [1.54, 1.807) is 19.0 Å². The second-order valence-corrected chi connectivity index (χ2v) is 12.3. The largest absolute Gasteiger partial charge is 0.354 e. The summed E-state index contributed by atoms with van der Waals surface area (Å²) >= 11 is 2.85. The van der Waals surface area contributed by atoms with E-state index in [1.165, 1.54) is 22.7 Å². The highest BCUT2D eigenvalue weighted by Gasteiger charge is 2.48. The normalized spacial score (nSPS) is 20.6. The Morgan fingerprint density at radius 3 is 2.62 bits per heavy atom. The zero-order valence-corrected chi connectivity index (χ0v) is 24.2. The molecule has 4 heterocycles. The number of thiophene rings is 2. The molecule has 210 valence electrons. The molecule has 0 bridgehead atoms. The number of carbonyl (C=O) groups is 3. The number of aryl methyl sites for hydroxylation is 2. The number of hydrogen-bond acceptors (Lipinski definition) is 10. The van der Waals surface area contributed by atoms with Crippen LogP contribution in [0.5, 0.6) is 0 Å².